The van der Waals surface area contributed by atoms with Crippen molar-refractivity contribution in [2.75, 3.05) is 13.2 Å². The first-order valence-electron chi connectivity index (χ1n) is 12.4. The molecule has 1 aromatic heterocycles. The molecule has 2 heterocycles. The molecule has 4 nitrogen and oxygen atoms in total. The smallest absolute Gasteiger partial charge is 0.261 e. The van der Waals surface area contributed by atoms with Crippen molar-refractivity contribution >= 4 is 33.2 Å². The standard InChI is InChI=1S/C32H25NO3S/c34-31-26-12-4-5-13-27(26)32(35)33(31)19-8-20-36-24-17-15-23(16-18-24)30-28(21-22-9-2-1-3-10-22)25-11-6-7-14-29(25)37-30/h1-7,9-18H,8,19-21H2. The van der Waals surface area contributed by atoms with Gasteiger partial charge in [-0.3, -0.25) is 14.5 Å². The van der Waals surface area contributed by atoms with E-state index in [1.807, 2.05) is 23.5 Å². The minimum absolute atomic E-state index is 0.223. The number of nitrogens with zero attached hydrogens (tertiary/aromatic N) is 1. The average molecular weight is 504 g/mol. The number of fused-ring (bicyclic) bond motifs is 2. The number of rotatable bonds is 8. The zero-order valence-corrected chi connectivity index (χ0v) is 21.0. The Morgan fingerprint density at radius 1 is 0.703 bits per heavy atom. The number of ether oxygens (including phenoxy) is 1. The minimum atomic E-state index is -0.223. The van der Waals surface area contributed by atoms with Crippen molar-refractivity contribution in [2.45, 2.75) is 12.8 Å². The van der Waals surface area contributed by atoms with Crippen molar-refractivity contribution in [1.82, 2.24) is 4.90 Å². The predicted molar refractivity (Wildman–Crippen MR) is 148 cm³/mol. The highest BCUT2D eigenvalue weighted by Gasteiger charge is 2.34. The molecular weight excluding hydrogens is 478 g/mol. The summed E-state index contributed by atoms with van der Waals surface area (Å²) in [5.74, 6) is 0.330. The van der Waals surface area contributed by atoms with Crippen LogP contribution in [0.15, 0.2) is 103 Å². The minimum Gasteiger partial charge on any atom is -0.494 e. The Kier molecular flexibility index (Phi) is 6.29. The first-order valence-corrected chi connectivity index (χ1v) is 13.2. The van der Waals surface area contributed by atoms with Gasteiger partial charge in [-0.25, -0.2) is 0 Å². The van der Waals surface area contributed by atoms with Crippen molar-refractivity contribution in [1.29, 1.82) is 0 Å². The Balaban J connectivity index is 1.13. The maximum Gasteiger partial charge on any atom is 0.261 e. The number of benzene rings is 4. The van der Waals surface area contributed by atoms with Gasteiger partial charge >= 0.3 is 0 Å². The molecule has 5 aromatic rings. The molecule has 0 unspecified atom stereocenters. The van der Waals surface area contributed by atoms with Crippen molar-refractivity contribution in [2.24, 2.45) is 0 Å². The Bertz CT molecular complexity index is 1550. The maximum atomic E-state index is 12.5. The summed E-state index contributed by atoms with van der Waals surface area (Å²) in [6.07, 6.45) is 1.46. The molecule has 0 fully saturated rings. The topological polar surface area (TPSA) is 46.6 Å². The van der Waals surface area contributed by atoms with Crippen LogP contribution in [0, 0.1) is 0 Å². The van der Waals surface area contributed by atoms with E-state index >= 15 is 0 Å². The third-order valence-corrected chi connectivity index (χ3v) is 7.97. The molecule has 0 bridgehead atoms. The van der Waals surface area contributed by atoms with Gasteiger partial charge in [-0.05, 0) is 77.4 Å². The van der Waals surface area contributed by atoms with Gasteiger partial charge in [0.25, 0.3) is 11.8 Å². The zero-order chi connectivity index (χ0) is 25.2. The van der Waals surface area contributed by atoms with Crippen molar-refractivity contribution < 1.29 is 14.3 Å². The van der Waals surface area contributed by atoms with E-state index in [1.54, 1.807) is 24.3 Å². The molecule has 0 saturated heterocycles. The summed E-state index contributed by atoms with van der Waals surface area (Å²) in [6.45, 7) is 0.768. The first-order chi connectivity index (χ1) is 18.2. The molecule has 37 heavy (non-hydrogen) atoms. The van der Waals surface area contributed by atoms with E-state index in [0.29, 0.717) is 30.7 Å². The second kappa shape index (κ2) is 10.0. The SMILES string of the molecule is O=C1c2ccccc2C(=O)N1CCCOc1ccc(-c2sc3ccccc3c2Cc2ccccc2)cc1. The first kappa shape index (κ1) is 23.2. The summed E-state index contributed by atoms with van der Waals surface area (Å²) in [5, 5.41) is 1.31. The number of carbonyl (C=O) groups is 2. The molecule has 1 aliphatic rings. The fourth-order valence-corrected chi connectivity index (χ4v) is 6.09. The summed E-state index contributed by atoms with van der Waals surface area (Å²) < 4.78 is 7.23. The van der Waals surface area contributed by atoms with Crippen LogP contribution in [0.4, 0.5) is 0 Å². The van der Waals surface area contributed by atoms with Crippen LogP contribution >= 0.6 is 11.3 Å². The van der Waals surface area contributed by atoms with Crippen LogP contribution in [0.1, 0.15) is 38.3 Å². The molecule has 0 aliphatic carbocycles. The van der Waals surface area contributed by atoms with Gasteiger partial charge in [-0.1, -0.05) is 60.7 Å². The van der Waals surface area contributed by atoms with Crippen molar-refractivity contribution in [3.05, 3.63) is 125 Å². The molecule has 0 saturated carbocycles. The van der Waals surface area contributed by atoms with Gasteiger partial charge in [0.2, 0.25) is 0 Å². The molecule has 6 rings (SSSR count). The number of hydrogen-bond acceptors (Lipinski definition) is 4. The largest absolute Gasteiger partial charge is 0.494 e. The third kappa shape index (κ3) is 4.54. The average Bonchev–Trinajstić information content (AvgIpc) is 3.42. The Labute approximate surface area is 219 Å². The molecule has 4 aromatic carbocycles. The highest BCUT2D eigenvalue weighted by molar-refractivity contribution is 7.22. The fourth-order valence-electron chi connectivity index (χ4n) is 4.86. The second-order valence-electron chi connectivity index (χ2n) is 9.10. The molecule has 182 valence electrons. The van der Waals surface area contributed by atoms with E-state index in [1.165, 1.54) is 36.6 Å². The lowest BCUT2D eigenvalue weighted by molar-refractivity contribution is 0.0646. The van der Waals surface area contributed by atoms with E-state index in [9.17, 15) is 9.59 Å². The van der Waals surface area contributed by atoms with Crippen molar-refractivity contribution in [3.8, 4) is 16.2 Å². The molecule has 0 spiro atoms. The molecule has 0 radical (unpaired) electrons. The summed E-state index contributed by atoms with van der Waals surface area (Å²) in [5.41, 5.74) is 4.78. The van der Waals surface area contributed by atoms with E-state index in [2.05, 4.69) is 66.7 Å². The second-order valence-corrected chi connectivity index (χ2v) is 10.2. The number of hydrogen-bond donors (Lipinski definition) is 0. The molecular formula is C32H25NO3S. The van der Waals surface area contributed by atoms with Gasteiger partial charge in [0.15, 0.2) is 0 Å². The number of thiophene rings is 1. The highest BCUT2D eigenvalue weighted by Crippen LogP contribution is 2.40. The van der Waals surface area contributed by atoms with Gasteiger partial charge in [-0.15, -0.1) is 11.3 Å². The van der Waals surface area contributed by atoms with Crippen LogP contribution in [0.5, 0.6) is 5.75 Å². The molecule has 1 aliphatic heterocycles. The maximum absolute atomic E-state index is 12.5. The van der Waals surface area contributed by atoms with Gasteiger partial charge in [-0.2, -0.15) is 0 Å². The Morgan fingerprint density at radius 2 is 1.35 bits per heavy atom. The van der Waals surface area contributed by atoms with Crippen LogP contribution in [0.25, 0.3) is 20.5 Å². The van der Waals surface area contributed by atoms with Crippen LogP contribution in [-0.4, -0.2) is 29.9 Å². The quantitative estimate of drug-likeness (QED) is 0.166. The summed E-state index contributed by atoms with van der Waals surface area (Å²) in [7, 11) is 0. The van der Waals surface area contributed by atoms with E-state index < -0.39 is 0 Å². The van der Waals surface area contributed by atoms with Crippen LogP contribution < -0.4 is 4.74 Å². The molecule has 0 atom stereocenters. The normalized spacial score (nSPS) is 12.8. The van der Waals surface area contributed by atoms with Crippen LogP contribution in [0.3, 0.4) is 0 Å². The Hall–Kier alpha value is -4.22. The van der Waals surface area contributed by atoms with E-state index in [-0.39, 0.29) is 11.8 Å². The van der Waals surface area contributed by atoms with E-state index in [0.717, 1.165) is 12.2 Å². The number of carbonyl (C=O) groups excluding carboxylic acids is 2. The predicted octanol–water partition coefficient (Wildman–Crippen LogP) is 7.22. The monoisotopic (exact) mass is 503 g/mol. The van der Waals surface area contributed by atoms with Gasteiger partial charge < -0.3 is 4.74 Å². The zero-order valence-electron chi connectivity index (χ0n) is 20.2. The van der Waals surface area contributed by atoms with E-state index in [4.69, 9.17) is 4.74 Å². The molecule has 0 N–H and O–H groups in total. The summed E-state index contributed by atoms with van der Waals surface area (Å²) in [6, 6.07) is 34.3. The number of imide groups is 1. The lowest BCUT2D eigenvalue weighted by Crippen LogP contribution is -2.31. The van der Waals surface area contributed by atoms with Crippen LogP contribution in [0.2, 0.25) is 0 Å². The number of amides is 2. The summed E-state index contributed by atoms with van der Waals surface area (Å²) >= 11 is 1.82. The van der Waals surface area contributed by atoms with Gasteiger partial charge in [0.1, 0.15) is 5.75 Å². The summed E-state index contributed by atoms with van der Waals surface area (Å²) in [4.78, 5) is 27.6. The highest BCUT2D eigenvalue weighted by atomic mass is 32.1. The van der Waals surface area contributed by atoms with Gasteiger partial charge in [0.05, 0.1) is 17.7 Å². The van der Waals surface area contributed by atoms with Crippen LogP contribution in [-0.2, 0) is 6.42 Å². The lowest BCUT2D eigenvalue weighted by Gasteiger charge is -2.14. The lowest BCUT2D eigenvalue weighted by atomic mass is 9.99. The molecule has 2 amide bonds. The fraction of sp³-hybridized carbons (Fsp3) is 0.125. The Morgan fingerprint density at radius 3 is 2.08 bits per heavy atom. The molecule has 5 heteroatoms. The van der Waals surface area contributed by atoms with Gasteiger partial charge in [0, 0.05) is 16.1 Å². The van der Waals surface area contributed by atoms with Crippen molar-refractivity contribution in [3.63, 3.8) is 0 Å². The third-order valence-electron chi connectivity index (χ3n) is 6.71.